The normalized spacial score (nSPS) is 10.7. The number of thioether (sulfide) groups is 1. The number of nitro groups is 1. The van der Waals surface area contributed by atoms with Crippen molar-refractivity contribution >= 4 is 23.1 Å². The summed E-state index contributed by atoms with van der Waals surface area (Å²) in [5.74, 6) is 1.42. The molecular formula is C20H22N4O4S. The Morgan fingerprint density at radius 3 is 2.48 bits per heavy atom. The monoisotopic (exact) mass is 414 g/mol. The lowest BCUT2D eigenvalue weighted by Gasteiger charge is -2.20. The van der Waals surface area contributed by atoms with Crippen molar-refractivity contribution < 1.29 is 14.1 Å². The Kier molecular flexibility index (Phi) is 6.71. The van der Waals surface area contributed by atoms with Crippen LogP contribution in [0.3, 0.4) is 0 Å². The second-order valence-electron chi connectivity index (χ2n) is 6.13. The van der Waals surface area contributed by atoms with Gasteiger partial charge in [0.25, 0.3) is 10.9 Å². The number of anilines is 1. The van der Waals surface area contributed by atoms with Crippen LogP contribution in [0.4, 0.5) is 11.4 Å². The summed E-state index contributed by atoms with van der Waals surface area (Å²) in [4.78, 5) is 12.8. The second-order valence-corrected chi connectivity index (χ2v) is 7.06. The maximum absolute atomic E-state index is 11.0. The Balaban J connectivity index is 1.71. The van der Waals surface area contributed by atoms with Gasteiger partial charge in [0.05, 0.1) is 12.0 Å². The Bertz CT molecular complexity index is 971. The minimum atomic E-state index is -0.430. The molecule has 1 heterocycles. The van der Waals surface area contributed by atoms with Gasteiger partial charge >= 0.3 is 0 Å². The van der Waals surface area contributed by atoms with Gasteiger partial charge in [-0.2, -0.15) is 0 Å². The Morgan fingerprint density at radius 2 is 1.86 bits per heavy atom. The van der Waals surface area contributed by atoms with Gasteiger partial charge in [0.15, 0.2) is 0 Å². The molecular weight excluding hydrogens is 392 g/mol. The van der Waals surface area contributed by atoms with Crippen LogP contribution in [0, 0.1) is 10.1 Å². The molecule has 8 nitrogen and oxygen atoms in total. The molecule has 0 amide bonds. The number of hydrogen-bond donors (Lipinski definition) is 0. The van der Waals surface area contributed by atoms with Crippen molar-refractivity contribution in [2.75, 3.05) is 25.1 Å². The third-order valence-electron chi connectivity index (χ3n) is 4.48. The van der Waals surface area contributed by atoms with E-state index in [2.05, 4.69) is 28.9 Å². The van der Waals surface area contributed by atoms with Gasteiger partial charge in [-0.15, -0.1) is 10.2 Å². The quantitative estimate of drug-likeness (QED) is 0.280. The van der Waals surface area contributed by atoms with Crippen molar-refractivity contribution in [2.45, 2.75) is 24.8 Å². The number of rotatable bonds is 9. The van der Waals surface area contributed by atoms with Crippen molar-refractivity contribution in [3.05, 3.63) is 58.1 Å². The van der Waals surface area contributed by atoms with Crippen molar-refractivity contribution in [1.29, 1.82) is 0 Å². The number of non-ortho nitro benzene ring substituents is 1. The summed E-state index contributed by atoms with van der Waals surface area (Å²) in [6, 6.07) is 12.5. The molecule has 0 aliphatic carbocycles. The third-order valence-corrected chi connectivity index (χ3v) is 5.34. The molecule has 0 aliphatic rings. The molecule has 3 aromatic rings. The largest absolute Gasteiger partial charge is 0.496 e. The van der Waals surface area contributed by atoms with Crippen LogP contribution in [0.5, 0.6) is 5.75 Å². The molecule has 0 radical (unpaired) electrons. The lowest BCUT2D eigenvalue weighted by atomic mass is 10.2. The summed E-state index contributed by atoms with van der Waals surface area (Å²) in [7, 11) is 1.53. The van der Waals surface area contributed by atoms with E-state index in [4.69, 9.17) is 9.15 Å². The first-order valence-electron chi connectivity index (χ1n) is 9.18. The van der Waals surface area contributed by atoms with Gasteiger partial charge in [0.2, 0.25) is 5.89 Å². The van der Waals surface area contributed by atoms with E-state index >= 15 is 0 Å². The molecule has 0 saturated heterocycles. The zero-order chi connectivity index (χ0) is 20.8. The molecule has 0 spiro atoms. The van der Waals surface area contributed by atoms with E-state index in [0.717, 1.165) is 24.3 Å². The first kappa shape index (κ1) is 20.7. The zero-order valence-electron chi connectivity index (χ0n) is 16.5. The highest BCUT2D eigenvalue weighted by Gasteiger charge is 2.14. The summed E-state index contributed by atoms with van der Waals surface area (Å²) in [6.45, 7) is 6.13. The fourth-order valence-corrected chi connectivity index (χ4v) is 3.66. The fourth-order valence-electron chi connectivity index (χ4n) is 2.92. The zero-order valence-corrected chi connectivity index (χ0v) is 17.3. The van der Waals surface area contributed by atoms with Crippen LogP contribution < -0.4 is 9.64 Å². The number of benzene rings is 2. The minimum absolute atomic E-state index is 0.0147. The Labute approximate surface area is 173 Å². The summed E-state index contributed by atoms with van der Waals surface area (Å²) in [5, 5.41) is 19.6. The molecule has 2 aromatic carbocycles. The minimum Gasteiger partial charge on any atom is -0.496 e. The Morgan fingerprint density at radius 1 is 1.14 bits per heavy atom. The van der Waals surface area contributed by atoms with E-state index in [1.165, 1.54) is 31.0 Å². The molecule has 152 valence electrons. The number of methoxy groups -OCH3 is 1. The summed E-state index contributed by atoms with van der Waals surface area (Å²) >= 11 is 1.30. The maximum atomic E-state index is 11.0. The highest BCUT2D eigenvalue weighted by molar-refractivity contribution is 7.98. The van der Waals surface area contributed by atoms with Crippen LogP contribution in [-0.4, -0.2) is 35.3 Å². The summed E-state index contributed by atoms with van der Waals surface area (Å²) in [6.07, 6.45) is 0. The molecule has 0 unspecified atom stereocenters. The van der Waals surface area contributed by atoms with E-state index in [-0.39, 0.29) is 5.69 Å². The van der Waals surface area contributed by atoms with E-state index in [1.54, 1.807) is 6.07 Å². The fraction of sp³-hybridized carbons (Fsp3) is 0.300. The van der Waals surface area contributed by atoms with Crippen LogP contribution in [0.15, 0.2) is 52.1 Å². The Hall–Kier alpha value is -3.07. The molecule has 1 aromatic heterocycles. The number of nitrogens with zero attached hydrogens (tertiary/aromatic N) is 4. The van der Waals surface area contributed by atoms with Gasteiger partial charge in [0.1, 0.15) is 5.75 Å². The van der Waals surface area contributed by atoms with Gasteiger partial charge in [-0.3, -0.25) is 10.1 Å². The molecule has 3 rings (SSSR count). The molecule has 9 heteroatoms. The smallest absolute Gasteiger partial charge is 0.277 e. The molecule has 0 aliphatic heterocycles. The number of ether oxygens (including phenoxy) is 1. The SMILES string of the molecule is CCN(CC)c1ccc(-c2nnc(SCc3cc([N+](=O)[O-])ccc3OC)o2)cc1. The van der Waals surface area contributed by atoms with Gasteiger partial charge in [0, 0.05) is 47.8 Å². The average molecular weight is 414 g/mol. The predicted octanol–water partition coefficient (Wildman–Crippen LogP) is 4.79. The predicted molar refractivity (Wildman–Crippen MR) is 113 cm³/mol. The highest BCUT2D eigenvalue weighted by Crippen LogP contribution is 2.31. The highest BCUT2D eigenvalue weighted by atomic mass is 32.2. The number of aromatic nitrogens is 2. The number of nitro benzene ring substituents is 1. The first-order valence-corrected chi connectivity index (χ1v) is 10.2. The lowest BCUT2D eigenvalue weighted by Crippen LogP contribution is -2.21. The molecule has 0 N–H and O–H groups in total. The van der Waals surface area contributed by atoms with E-state index < -0.39 is 4.92 Å². The standard InChI is InChI=1S/C20H22N4O4S/c1-4-23(5-2)16-8-6-14(7-9-16)19-21-22-20(28-19)29-13-15-12-17(24(25)26)10-11-18(15)27-3/h6-12H,4-5,13H2,1-3H3. The van der Waals surface area contributed by atoms with Crippen molar-refractivity contribution in [3.63, 3.8) is 0 Å². The van der Waals surface area contributed by atoms with Crippen LogP contribution in [-0.2, 0) is 5.75 Å². The van der Waals surface area contributed by atoms with E-state index in [0.29, 0.717) is 28.2 Å². The average Bonchev–Trinajstić information content (AvgIpc) is 3.22. The topological polar surface area (TPSA) is 94.5 Å². The van der Waals surface area contributed by atoms with Crippen molar-refractivity contribution in [2.24, 2.45) is 0 Å². The van der Waals surface area contributed by atoms with Crippen molar-refractivity contribution in [3.8, 4) is 17.2 Å². The number of hydrogen-bond acceptors (Lipinski definition) is 8. The third kappa shape index (κ3) is 4.86. The van der Waals surface area contributed by atoms with Crippen molar-refractivity contribution in [1.82, 2.24) is 10.2 Å². The van der Waals surface area contributed by atoms with Gasteiger partial charge < -0.3 is 14.1 Å². The van der Waals surface area contributed by atoms with Crippen LogP contribution >= 0.6 is 11.8 Å². The lowest BCUT2D eigenvalue weighted by molar-refractivity contribution is -0.384. The molecule has 0 atom stereocenters. The van der Waals surface area contributed by atoms with E-state index in [1.807, 2.05) is 24.3 Å². The summed E-state index contributed by atoms with van der Waals surface area (Å²) < 4.78 is 11.0. The van der Waals surface area contributed by atoms with E-state index in [9.17, 15) is 10.1 Å². The molecule has 29 heavy (non-hydrogen) atoms. The second kappa shape index (κ2) is 9.42. The molecule has 0 saturated carbocycles. The van der Waals surface area contributed by atoms with Gasteiger partial charge in [-0.25, -0.2) is 0 Å². The van der Waals surface area contributed by atoms with Crippen LogP contribution in [0.2, 0.25) is 0 Å². The van der Waals surface area contributed by atoms with Crippen LogP contribution in [0.1, 0.15) is 19.4 Å². The molecule has 0 bridgehead atoms. The van der Waals surface area contributed by atoms with Crippen LogP contribution in [0.25, 0.3) is 11.5 Å². The summed E-state index contributed by atoms with van der Waals surface area (Å²) in [5.41, 5.74) is 2.69. The maximum Gasteiger partial charge on any atom is 0.277 e. The molecule has 0 fully saturated rings. The first-order chi connectivity index (χ1) is 14.0. The van der Waals surface area contributed by atoms with Gasteiger partial charge in [-0.05, 0) is 44.2 Å². The van der Waals surface area contributed by atoms with Gasteiger partial charge in [-0.1, -0.05) is 11.8 Å².